The lowest BCUT2D eigenvalue weighted by atomic mass is 9.43. The van der Waals surface area contributed by atoms with Crippen molar-refractivity contribution in [2.45, 2.75) is 155 Å². The number of anilines is 6. The molecular weight excluding hydrogens is 1390 g/mol. The molecule has 0 atom stereocenters. The van der Waals surface area contributed by atoms with Crippen LogP contribution in [0.1, 0.15) is 195 Å². The maximum Gasteiger partial charge on any atom is 0.0701 e. The van der Waals surface area contributed by atoms with E-state index in [9.17, 15) is 0 Å². The van der Waals surface area contributed by atoms with Crippen LogP contribution in [0.25, 0.3) is 44.5 Å². The number of hydrogen-bond donors (Lipinski definition) is 0. The van der Waals surface area contributed by atoms with Crippen molar-refractivity contribution < 1.29 is 0 Å². The molecule has 4 spiro atoms. The summed E-state index contributed by atoms with van der Waals surface area (Å²) in [6, 6.07) is 114. The van der Waals surface area contributed by atoms with Gasteiger partial charge in [0.05, 0.1) is 5.41 Å². The molecule has 16 bridgehead atoms. The fraction of sp³-hybridized carbons (Fsp3) is 0.363. The van der Waals surface area contributed by atoms with Gasteiger partial charge in [-0.1, -0.05) is 206 Å². The van der Waals surface area contributed by atoms with Crippen LogP contribution in [0.4, 0.5) is 34.1 Å². The second-order valence-electron chi connectivity index (χ2n) is 41.0. The van der Waals surface area contributed by atoms with E-state index in [-0.39, 0.29) is 21.7 Å². The molecule has 16 fully saturated rings. The van der Waals surface area contributed by atoms with Crippen LogP contribution in [0.3, 0.4) is 0 Å². The average Bonchev–Trinajstić information content (AvgIpc) is 1.58. The van der Waals surface area contributed by atoms with Crippen molar-refractivity contribution >= 4 is 34.1 Å². The Balaban J connectivity index is 0.626. The maximum atomic E-state index is 2.76. The highest BCUT2D eigenvalue weighted by Gasteiger charge is 2.67. The smallest absolute Gasteiger partial charge is 0.0701 e. The van der Waals surface area contributed by atoms with E-state index in [1.54, 1.807) is 44.5 Å². The molecule has 20 aliphatic rings. The summed E-state index contributed by atoms with van der Waals surface area (Å²) in [4.78, 5) is 5.48. The molecule has 2 nitrogen and oxygen atoms in total. The monoisotopic (exact) mass is 1490 g/mol. The van der Waals surface area contributed by atoms with Gasteiger partial charge in [0, 0.05) is 55.8 Å². The summed E-state index contributed by atoms with van der Waals surface area (Å²) in [5.41, 5.74) is 37.0. The Bertz CT molecular complexity index is 5300. The molecule has 0 radical (unpaired) electrons. The third kappa shape index (κ3) is 8.30. The predicted octanol–water partition coefficient (Wildman–Crippen LogP) is 27.9. The predicted molar refractivity (Wildman–Crippen MR) is 467 cm³/mol. The Morgan fingerprint density at radius 1 is 0.174 bits per heavy atom. The van der Waals surface area contributed by atoms with Crippen LogP contribution in [0, 0.1) is 94.7 Å². The zero-order chi connectivity index (χ0) is 74.6. The zero-order valence-electron chi connectivity index (χ0n) is 66.3. The van der Waals surface area contributed by atoms with Crippen LogP contribution < -0.4 is 9.80 Å². The van der Waals surface area contributed by atoms with E-state index < -0.39 is 5.41 Å². The standard InChI is InChI=1S/C113H102N2/c1-3-15-75(16-4-1)109(76-17-5-2-6-18-76,77-27-31-87(32-28-77)114(89-35-39-97-93-19-7-11-23-101(93)110(105(97)63-89)79-47-67-43-68(49-79)50-80(110)48-67)90-36-40-98-94-20-8-12-24-102(94)111(106(98)64-90)81-51-69-44-70(53-81)54-82(111)52-69)78-29-33-88(34-30-78)115(91-37-41-99-95-21-9-13-25-103(95)112(107(99)65-91)83-55-71-45-72(57-83)58-84(112)56-71)92-38-42-100-96-22-10-14-26-104(96)113(108(100)66-92)85-59-73-46-74(61-85)62-86(113)60-73/h1-42,63-74,79-86H,43-62H2. The molecule has 12 aromatic carbocycles. The number of nitrogens with zero attached hydrogens (tertiary/aromatic N) is 2. The van der Waals surface area contributed by atoms with Crippen LogP contribution in [-0.4, -0.2) is 0 Å². The summed E-state index contributed by atoms with van der Waals surface area (Å²) in [7, 11) is 0. The summed E-state index contributed by atoms with van der Waals surface area (Å²) in [5.74, 6) is 12.5. The fourth-order valence-electron chi connectivity index (χ4n) is 34.1. The van der Waals surface area contributed by atoms with Gasteiger partial charge in [-0.2, -0.15) is 0 Å². The highest BCUT2D eigenvalue weighted by molar-refractivity contribution is 5.93. The van der Waals surface area contributed by atoms with Gasteiger partial charge in [0.15, 0.2) is 0 Å². The molecular formula is C113H102N2. The summed E-state index contributed by atoms with van der Waals surface area (Å²) in [6.45, 7) is 0. The van der Waals surface area contributed by atoms with Crippen molar-refractivity contribution in [2.24, 2.45) is 94.7 Å². The summed E-state index contributed by atoms with van der Waals surface area (Å²) < 4.78 is 0. The molecule has 12 aromatic rings. The van der Waals surface area contributed by atoms with Crippen LogP contribution in [0.2, 0.25) is 0 Å². The normalized spacial score (nSPS) is 33.9. The first kappa shape index (κ1) is 65.4. The number of fused-ring (bicyclic) bond motifs is 12. The first-order valence-corrected chi connectivity index (χ1v) is 45.7. The van der Waals surface area contributed by atoms with Crippen molar-refractivity contribution in [3.8, 4) is 44.5 Å². The largest absolute Gasteiger partial charge is 0.310 e. The van der Waals surface area contributed by atoms with Gasteiger partial charge < -0.3 is 9.80 Å². The summed E-state index contributed by atoms with van der Waals surface area (Å²) >= 11 is 0. The highest BCUT2D eigenvalue weighted by atomic mass is 15.2. The maximum absolute atomic E-state index is 2.76. The van der Waals surface area contributed by atoms with E-state index in [0.29, 0.717) is 47.3 Å². The van der Waals surface area contributed by atoms with Gasteiger partial charge in [-0.15, -0.1) is 0 Å². The molecule has 16 saturated carbocycles. The Labute approximate surface area is 679 Å². The molecule has 0 aliphatic heterocycles. The molecule has 0 unspecified atom stereocenters. The number of hydrogen-bond acceptors (Lipinski definition) is 2. The molecule has 564 valence electrons. The van der Waals surface area contributed by atoms with Crippen LogP contribution in [0.5, 0.6) is 0 Å². The highest BCUT2D eigenvalue weighted by Crippen LogP contribution is 2.75. The van der Waals surface area contributed by atoms with Gasteiger partial charge >= 0.3 is 0 Å². The second kappa shape index (κ2) is 23.3. The molecule has 20 aliphatic carbocycles. The van der Waals surface area contributed by atoms with Gasteiger partial charge in [0.1, 0.15) is 0 Å². The van der Waals surface area contributed by atoms with Crippen molar-refractivity contribution in [3.05, 3.63) is 346 Å². The molecule has 0 N–H and O–H groups in total. The van der Waals surface area contributed by atoms with E-state index >= 15 is 0 Å². The fourth-order valence-corrected chi connectivity index (χ4v) is 34.1. The van der Waals surface area contributed by atoms with E-state index in [0.717, 1.165) is 47.3 Å². The molecule has 0 amide bonds. The first-order chi connectivity index (χ1) is 56.8. The number of rotatable bonds is 10. The molecule has 0 heterocycles. The average molecular weight is 1490 g/mol. The minimum Gasteiger partial charge on any atom is -0.310 e. The third-order valence-electron chi connectivity index (χ3n) is 36.7. The second-order valence-corrected chi connectivity index (χ2v) is 41.0. The molecule has 115 heavy (non-hydrogen) atoms. The Morgan fingerprint density at radius 3 is 0.600 bits per heavy atom. The quantitative estimate of drug-likeness (QED) is 0.126. The lowest BCUT2D eigenvalue weighted by Gasteiger charge is -2.61. The van der Waals surface area contributed by atoms with Gasteiger partial charge in [-0.25, -0.2) is 0 Å². The Hall–Kier alpha value is -9.76. The van der Waals surface area contributed by atoms with E-state index in [1.807, 2.05) is 0 Å². The van der Waals surface area contributed by atoms with Crippen molar-refractivity contribution in [1.82, 2.24) is 0 Å². The SMILES string of the molecule is c1ccc(C(c2ccccc2)(c2ccc(N(c3ccc4c(c3)C3(c5ccccc5-4)C4CC5CC(C4)CC3C5)c3ccc4c(c3)C3(c5ccccc5-4)C4CC5CC(C4)CC3C5)cc2)c2ccc(N(c3ccc4c(c3)C3(c5ccccc5-4)C4CC5CC(C4)CC3C5)c3ccc4c(c3)C3(c5ccccc5-4)C4CC5CC(C4)CC3C5)cc2)cc1. The van der Waals surface area contributed by atoms with Gasteiger partial charge in [0.25, 0.3) is 0 Å². The van der Waals surface area contributed by atoms with Gasteiger partial charge in [0.2, 0.25) is 0 Å². The van der Waals surface area contributed by atoms with Gasteiger partial charge in [-0.05, 0) is 407 Å². The van der Waals surface area contributed by atoms with E-state index in [2.05, 4.69) is 289 Å². The summed E-state index contributed by atoms with van der Waals surface area (Å²) in [6.07, 6.45) is 27.8. The lowest BCUT2D eigenvalue weighted by Crippen LogP contribution is -2.55. The molecule has 2 heteroatoms. The number of benzene rings is 12. The van der Waals surface area contributed by atoms with E-state index in [1.165, 1.54) is 229 Å². The Kier molecular flexibility index (Phi) is 13.3. The first-order valence-electron chi connectivity index (χ1n) is 45.7. The molecule has 32 rings (SSSR count). The van der Waals surface area contributed by atoms with Crippen LogP contribution in [-0.2, 0) is 27.1 Å². The minimum atomic E-state index is -0.692. The van der Waals surface area contributed by atoms with Crippen molar-refractivity contribution in [3.63, 3.8) is 0 Å². The van der Waals surface area contributed by atoms with Crippen molar-refractivity contribution in [1.29, 1.82) is 0 Å². The van der Waals surface area contributed by atoms with Gasteiger partial charge in [-0.3, -0.25) is 0 Å². The zero-order valence-corrected chi connectivity index (χ0v) is 66.3. The third-order valence-corrected chi connectivity index (χ3v) is 36.7. The van der Waals surface area contributed by atoms with Crippen LogP contribution >= 0.6 is 0 Å². The lowest BCUT2D eigenvalue weighted by molar-refractivity contribution is -0.0399. The molecule has 0 aromatic heterocycles. The molecule has 0 saturated heterocycles. The van der Waals surface area contributed by atoms with Crippen molar-refractivity contribution in [2.75, 3.05) is 9.80 Å². The summed E-state index contributed by atoms with van der Waals surface area (Å²) in [5, 5.41) is 0. The topological polar surface area (TPSA) is 6.48 Å². The van der Waals surface area contributed by atoms with Crippen LogP contribution in [0.15, 0.2) is 279 Å². The Morgan fingerprint density at radius 2 is 0.365 bits per heavy atom. The minimum absolute atomic E-state index is 0.0439. The van der Waals surface area contributed by atoms with E-state index in [4.69, 9.17) is 0 Å².